The first kappa shape index (κ1) is 19.9. The van der Waals surface area contributed by atoms with Crippen molar-refractivity contribution in [1.29, 1.82) is 0 Å². The van der Waals surface area contributed by atoms with Gasteiger partial charge < -0.3 is 19.7 Å². The van der Waals surface area contributed by atoms with E-state index < -0.39 is 10.8 Å². The van der Waals surface area contributed by atoms with E-state index >= 15 is 0 Å². The third-order valence-electron chi connectivity index (χ3n) is 4.42. The highest BCUT2D eigenvalue weighted by Crippen LogP contribution is 2.32. The summed E-state index contributed by atoms with van der Waals surface area (Å²) in [6, 6.07) is 8.98. The Labute approximate surface area is 166 Å². The van der Waals surface area contributed by atoms with Crippen molar-refractivity contribution in [2.24, 2.45) is 0 Å². The second-order valence-corrected chi connectivity index (χ2v) is 6.27. The second kappa shape index (κ2) is 8.42. The summed E-state index contributed by atoms with van der Waals surface area (Å²) in [6.07, 6.45) is 3.39. The van der Waals surface area contributed by atoms with E-state index in [1.165, 1.54) is 43.4 Å². The van der Waals surface area contributed by atoms with Crippen LogP contribution < -0.4 is 14.8 Å². The molecular formula is C20H19N3O6. The lowest BCUT2D eigenvalue weighted by Crippen LogP contribution is -2.34. The van der Waals surface area contributed by atoms with Crippen molar-refractivity contribution >= 4 is 29.3 Å². The van der Waals surface area contributed by atoms with E-state index in [0.717, 1.165) is 11.1 Å². The normalized spacial score (nSPS) is 12.8. The highest BCUT2D eigenvalue weighted by Gasteiger charge is 2.21. The molecule has 0 bridgehead atoms. The number of non-ortho nitro benzene ring substituents is 1. The SMILES string of the molecule is COc1cc2c(cc1OC)CC(=O)N(CC(=O)Nc1ccc([N+](=O)[O-])cc1)C=C2. The van der Waals surface area contributed by atoms with Crippen LogP contribution in [0.5, 0.6) is 11.5 Å². The van der Waals surface area contributed by atoms with Gasteiger partial charge in [-0.15, -0.1) is 0 Å². The zero-order valence-corrected chi connectivity index (χ0v) is 15.9. The molecule has 150 valence electrons. The van der Waals surface area contributed by atoms with Gasteiger partial charge in [-0.3, -0.25) is 19.7 Å². The van der Waals surface area contributed by atoms with Crippen LogP contribution in [0, 0.1) is 10.1 Å². The highest BCUT2D eigenvalue weighted by atomic mass is 16.6. The molecule has 0 unspecified atom stereocenters. The van der Waals surface area contributed by atoms with Crippen molar-refractivity contribution in [3.8, 4) is 11.5 Å². The van der Waals surface area contributed by atoms with Gasteiger partial charge in [-0.1, -0.05) is 0 Å². The van der Waals surface area contributed by atoms with Crippen LogP contribution in [0.3, 0.4) is 0 Å². The minimum atomic E-state index is -0.520. The summed E-state index contributed by atoms with van der Waals surface area (Å²) in [7, 11) is 3.05. The van der Waals surface area contributed by atoms with Gasteiger partial charge in [0.15, 0.2) is 11.5 Å². The molecule has 0 spiro atoms. The van der Waals surface area contributed by atoms with Crippen molar-refractivity contribution < 1.29 is 24.0 Å². The molecule has 9 nitrogen and oxygen atoms in total. The van der Waals surface area contributed by atoms with Gasteiger partial charge >= 0.3 is 0 Å². The summed E-state index contributed by atoms with van der Waals surface area (Å²) in [6.45, 7) is -0.186. The molecule has 0 aliphatic carbocycles. The largest absolute Gasteiger partial charge is 0.493 e. The molecule has 0 saturated heterocycles. The van der Waals surface area contributed by atoms with Crippen LogP contribution in [0.4, 0.5) is 11.4 Å². The Bertz CT molecular complexity index is 984. The minimum absolute atomic E-state index is 0.0720. The Morgan fingerprint density at radius 1 is 1.17 bits per heavy atom. The lowest BCUT2D eigenvalue weighted by atomic mass is 10.0. The van der Waals surface area contributed by atoms with E-state index in [2.05, 4.69) is 5.32 Å². The maximum Gasteiger partial charge on any atom is 0.269 e. The number of ether oxygens (including phenoxy) is 2. The van der Waals surface area contributed by atoms with E-state index in [1.54, 1.807) is 24.4 Å². The van der Waals surface area contributed by atoms with Gasteiger partial charge in [-0.25, -0.2) is 0 Å². The standard InChI is InChI=1S/C20H19N3O6/c1-28-17-9-13-7-8-22(20(25)11-14(13)10-18(17)29-2)12-19(24)21-15-3-5-16(6-4-15)23(26)27/h3-10H,11-12H2,1-2H3,(H,21,24). The third-order valence-corrected chi connectivity index (χ3v) is 4.42. The third kappa shape index (κ3) is 4.52. The molecule has 1 aliphatic heterocycles. The average molecular weight is 397 g/mol. The number of nitrogens with zero attached hydrogens (tertiary/aromatic N) is 2. The Balaban J connectivity index is 1.70. The van der Waals surface area contributed by atoms with Crippen LogP contribution in [-0.4, -0.2) is 42.4 Å². The van der Waals surface area contributed by atoms with Gasteiger partial charge in [-0.05, 0) is 41.5 Å². The molecule has 29 heavy (non-hydrogen) atoms. The van der Waals surface area contributed by atoms with E-state index in [-0.39, 0.29) is 24.6 Å². The average Bonchev–Trinajstić information content (AvgIpc) is 2.85. The van der Waals surface area contributed by atoms with E-state index in [0.29, 0.717) is 17.2 Å². The fourth-order valence-electron chi connectivity index (χ4n) is 2.93. The molecule has 1 aliphatic rings. The first-order valence-corrected chi connectivity index (χ1v) is 8.68. The van der Waals surface area contributed by atoms with Crippen LogP contribution in [0.25, 0.3) is 6.08 Å². The predicted octanol–water partition coefficient (Wildman–Crippen LogP) is 2.61. The van der Waals surface area contributed by atoms with Gasteiger partial charge in [0, 0.05) is 24.0 Å². The van der Waals surface area contributed by atoms with Gasteiger partial charge in [-0.2, -0.15) is 0 Å². The van der Waals surface area contributed by atoms with Crippen LogP contribution in [0.15, 0.2) is 42.6 Å². The quantitative estimate of drug-likeness (QED) is 0.592. The minimum Gasteiger partial charge on any atom is -0.493 e. The van der Waals surface area contributed by atoms with Gasteiger partial charge in [0.1, 0.15) is 6.54 Å². The predicted molar refractivity (Wildman–Crippen MR) is 106 cm³/mol. The number of rotatable bonds is 6. The lowest BCUT2D eigenvalue weighted by molar-refractivity contribution is -0.384. The van der Waals surface area contributed by atoms with Crippen LogP contribution in [-0.2, 0) is 16.0 Å². The van der Waals surface area contributed by atoms with Crippen LogP contribution in [0.1, 0.15) is 11.1 Å². The van der Waals surface area contributed by atoms with E-state index in [9.17, 15) is 19.7 Å². The number of nitro groups is 1. The molecule has 0 atom stereocenters. The zero-order valence-electron chi connectivity index (χ0n) is 15.9. The Kier molecular flexibility index (Phi) is 5.77. The molecule has 2 aromatic rings. The Hall–Kier alpha value is -3.88. The van der Waals surface area contributed by atoms with Gasteiger partial charge in [0.25, 0.3) is 5.69 Å². The molecule has 2 aromatic carbocycles. The van der Waals surface area contributed by atoms with Crippen molar-refractivity contribution in [1.82, 2.24) is 4.90 Å². The number of hydrogen-bond donors (Lipinski definition) is 1. The molecule has 0 fully saturated rings. The molecule has 0 saturated carbocycles. The Morgan fingerprint density at radius 2 is 1.83 bits per heavy atom. The van der Waals surface area contributed by atoms with Crippen molar-refractivity contribution in [2.45, 2.75) is 6.42 Å². The molecule has 2 amide bonds. The maximum absolute atomic E-state index is 12.6. The zero-order chi connectivity index (χ0) is 21.0. The summed E-state index contributed by atoms with van der Waals surface area (Å²) in [5.74, 6) is 0.411. The summed E-state index contributed by atoms with van der Waals surface area (Å²) in [4.78, 5) is 36.4. The van der Waals surface area contributed by atoms with Gasteiger partial charge in [0.2, 0.25) is 11.8 Å². The fraction of sp³-hybridized carbons (Fsp3) is 0.200. The number of fused-ring (bicyclic) bond motifs is 1. The molecular weight excluding hydrogens is 378 g/mol. The number of nitro benzene ring substituents is 1. The van der Waals surface area contributed by atoms with E-state index in [4.69, 9.17) is 9.47 Å². The maximum atomic E-state index is 12.6. The van der Waals surface area contributed by atoms with Crippen molar-refractivity contribution in [3.63, 3.8) is 0 Å². The molecule has 3 rings (SSSR count). The monoisotopic (exact) mass is 397 g/mol. The summed E-state index contributed by atoms with van der Waals surface area (Å²) in [5, 5.41) is 13.3. The summed E-state index contributed by atoms with van der Waals surface area (Å²) in [5.41, 5.74) is 1.90. The van der Waals surface area contributed by atoms with E-state index in [1.807, 2.05) is 0 Å². The highest BCUT2D eigenvalue weighted by molar-refractivity contribution is 5.96. The van der Waals surface area contributed by atoms with Gasteiger partial charge in [0.05, 0.1) is 25.6 Å². The molecule has 1 N–H and O–H groups in total. The smallest absolute Gasteiger partial charge is 0.269 e. The van der Waals surface area contributed by atoms with Crippen molar-refractivity contribution in [3.05, 3.63) is 63.8 Å². The first-order chi connectivity index (χ1) is 13.9. The second-order valence-electron chi connectivity index (χ2n) is 6.27. The molecule has 9 heteroatoms. The molecule has 0 aromatic heterocycles. The number of methoxy groups -OCH3 is 2. The number of carbonyl (C=O) groups excluding carboxylic acids is 2. The van der Waals surface area contributed by atoms with Crippen LogP contribution >= 0.6 is 0 Å². The number of hydrogen-bond acceptors (Lipinski definition) is 6. The van der Waals surface area contributed by atoms with Crippen molar-refractivity contribution in [2.75, 3.05) is 26.1 Å². The number of nitrogens with one attached hydrogen (secondary N) is 1. The number of carbonyl (C=O) groups is 2. The molecule has 1 heterocycles. The lowest BCUT2D eigenvalue weighted by Gasteiger charge is -2.17. The summed E-state index contributed by atoms with van der Waals surface area (Å²) < 4.78 is 10.6. The van der Waals surface area contributed by atoms with Crippen LogP contribution in [0.2, 0.25) is 0 Å². The number of anilines is 1. The summed E-state index contributed by atoms with van der Waals surface area (Å²) >= 11 is 0. The first-order valence-electron chi connectivity index (χ1n) is 8.68. The fourth-order valence-corrected chi connectivity index (χ4v) is 2.93. The topological polar surface area (TPSA) is 111 Å². The number of amides is 2. The number of benzene rings is 2. The Morgan fingerprint density at radius 3 is 2.45 bits per heavy atom. The molecule has 0 radical (unpaired) electrons.